The number of rotatable bonds is 2. The Morgan fingerprint density at radius 3 is 2.65 bits per heavy atom. The molecule has 0 atom stereocenters. The Balaban J connectivity index is 2.23. The summed E-state index contributed by atoms with van der Waals surface area (Å²) in [5, 5.41) is 0. The van der Waals surface area contributed by atoms with E-state index in [4.69, 9.17) is 20.2 Å². The lowest BCUT2D eigenvalue weighted by molar-refractivity contribution is 0.321. The summed E-state index contributed by atoms with van der Waals surface area (Å²) in [6.45, 7) is 0.622. The van der Waals surface area contributed by atoms with Gasteiger partial charge in [-0.05, 0) is 18.9 Å². The van der Waals surface area contributed by atoms with Crippen molar-refractivity contribution in [3.05, 3.63) is 17.7 Å². The van der Waals surface area contributed by atoms with E-state index in [1.165, 1.54) is 7.11 Å². The van der Waals surface area contributed by atoms with Gasteiger partial charge in [0.25, 0.3) is 9.05 Å². The summed E-state index contributed by atoms with van der Waals surface area (Å²) in [5.41, 5.74) is 0.968. The summed E-state index contributed by atoms with van der Waals surface area (Å²) >= 11 is 0. The molecule has 6 heteroatoms. The lowest BCUT2D eigenvalue weighted by atomic mass is 9.98. The number of fused-ring (bicyclic) bond motifs is 2. The van der Waals surface area contributed by atoms with Crippen LogP contribution in [0.1, 0.15) is 18.4 Å². The molecule has 1 heterocycles. The fourth-order valence-corrected chi connectivity index (χ4v) is 3.29. The van der Waals surface area contributed by atoms with Crippen LogP contribution in [0, 0.1) is 0 Å². The van der Waals surface area contributed by atoms with Crippen LogP contribution in [0.5, 0.6) is 11.5 Å². The van der Waals surface area contributed by atoms with Crippen LogP contribution in [-0.4, -0.2) is 22.1 Å². The minimum Gasteiger partial charge on any atom is -0.495 e. The van der Waals surface area contributed by atoms with Crippen LogP contribution in [-0.2, 0) is 14.5 Å². The molecule has 1 spiro atoms. The molecule has 0 unspecified atom stereocenters. The topological polar surface area (TPSA) is 52.6 Å². The molecule has 0 saturated heterocycles. The quantitative estimate of drug-likeness (QED) is 0.775. The maximum atomic E-state index is 11.5. The van der Waals surface area contributed by atoms with Crippen molar-refractivity contribution >= 4 is 19.7 Å². The zero-order valence-electron chi connectivity index (χ0n) is 9.20. The maximum absolute atomic E-state index is 11.5. The fraction of sp³-hybridized carbons (Fsp3) is 0.455. The average Bonchev–Trinajstić information content (AvgIpc) is 2.95. The molecule has 1 aromatic rings. The van der Waals surface area contributed by atoms with Gasteiger partial charge in [-0.2, -0.15) is 0 Å². The molecule has 1 saturated carbocycles. The number of benzene rings is 1. The van der Waals surface area contributed by atoms with Gasteiger partial charge in [-0.3, -0.25) is 0 Å². The van der Waals surface area contributed by atoms with Gasteiger partial charge in [-0.15, -0.1) is 0 Å². The van der Waals surface area contributed by atoms with Crippen LogP contribution in [0.25, 0.3) is 0 Å². The van der Waals surface area contributed by atoms with Crippen molar-refractivity contribution in [2.24, 2.45) is 0 Å². The van der Waals surface area contributed by atoms with Crippen LogP contribution in [0.4, 0.5) is 0 Å². The van der Waals surface area contributed by atoms with Crippen molar-refractivity contribution in [1.82, 2.24) is 0 Å². The smallest absolute Gasteiger partial charge is 0.264 e. The Morgan fingerprint density at radius 1 is 1.41 bits per heavy atom. The van der Waals surface area contributed by atoms with E-state index in [9.17, 15) is 8.42 Å². The number of methoxy groups -OCH3 is 1. The van der Waals surface area contributed by atoms with Gasteiger partial charge in [0, 0.05) is 27.7 Å². The predicted octanol–water partition coefficient (Wildman–Crippen LogP) is 2.05. The fourth-order valence-electron chi connectivity index (χ4n) is 2.28. The van der Waals surface area contributed by atoms with E-state index in [0.717, 1.165) is 18.4 Å². The Morgan fingerprint density at radius 2 is 2.12 bits per heavy atom. The first-order chi connectivity index (χ1) is 7.96. The first-order valence-electron chi connectivity index (χ1n) is 5.26. The predicted molar refractivity (Wildman–Crippen MR) is 62.4 cm³/mol. The number of hydrogen-bond acceptors (Lipinski definition) is 4. The second-order valence-corrected chi connectivity index (χ2v) is 7.04. The van der Waals surface area contributed by atoms with Crippen LogP contribution in [0.15, 0.2) is 17.0 Å². The van der Waals surface area contributed by atoms with E-state index in [1.54, 1.807) is 12.1 Å². The zero-order chi connectivity index (χ0) is 12.3. The summed E-state index contributed by atoms with van der Waals surface area (Å²) in [7, 11) is 3.02. The summed E-state index contributed by atoms with van der Waals surface area (Å²) in [4.78, 5) is 0.0252. The van der Waals surface area contributed by atoms with Gasteiger partial charge < -0.3 is 9.47 Å². The first-order valence-corrected chi connectivity index (χ1v) is 7.57. The lowest BCUT2D eigenvalue weighted by Gasteiger charge is -2.09. The highest BCUT2D eigenvalue weighted by molar-refractivity contribution is 8.13. The Kier molecular flexibility index (Phi) is 2.16. The van der Waals surface area contributed by atoms with Gasteiger partial charge in [0.2, 0.25) is 0 Å². The van der Waals surface area contributed by atoms with E-state index < -0.39 is 9.05 Å². The molecule has 0 bridgehead atoms. The zero-order valence-corrected chi connectivity index (χ0v) is 10.8. The molecule has 0 N–H and O–H groups in total. The SMILES string of the molecule is COc1cc2c(cc1S(=O)(=O)Cl)C1(CC1)CO2. The number of halogens is 1. The van der Waals surface area contributed by atoms with Crippen molar-refractivity contribution < 1.29 is 17.9 Å². The Bertz CT molecular complexity index is 590. The van der Waals surface area contributed by atoms with Crippen molar-refractivity contribution in [2.45, 2.75) is 23.2 Å². The van der Waals surface area contributed by atoms with E-state index >= 15 is 0 Å². The summed E-state index contributed by atoms with van der Waals surface area (Å²) in [6, 6.07) is 3.20. The molecule has 0 aromatic heterocycles. The molecule has 1 aromatic carbocycles. The molecule has 0 amide bonds. The van der Waals surface area contributed by atoms with Gasteiger partial charge in [0.15, 0.2) is 0 Å². The maximum Gasteiger partial charge on any atom is 0.264 e. The van der Waals surface area contributed by atoms with Crippen molar-refractivity contribution in [1.29, 1.82) is 0 Å². The van der Waals surface area contributed by atoms with Crippen molar-refractivity contribution in [3.63, 3.8) is 0 Å². The molecule has 92 valence electrons. The van der Waals surface area contributed by atoms with Gasteiger partial charge >= 0.3 is 0 Å². The van der Waals surface area contributed by atoms with Crippen LogP contribution >= 0.6 is 10.7 Å². The molecule has 2 aliphatic rings. The highest BCUT2D eigenvalue weighted by Gasteiger charge is 2.51. The third-order valence-electron chi connectivity index (χ3n) is 3.46. The largest absolute Gasteiger partial charge is 0.495 e. The van der Waals surface area contributed by atoms with E-state index in [2.05, 4.69) is 0 Å². The average molecular weight is 275 g/mol. The van der Waals surface area contributed by atoms with E-state index in [-0.39, 0.29) is 16.1 Å². The molecular formula is C11H11ClO4S. The second kappa shape index (κ2) is 3.29. The third-order valence-corrected chi connectivity index (χ3v) is 4.80. The van der Waals surface area contributed by atoms with E-state index in [0.29, 0.717) is 12.4 Å². The summed E-state index contributed by atoms with van der Waals surface area (Å²) in [6.07, 6.45) is 2.07. The standard InChI is InChI=1S/C11H11ClO4S/c1-15-9-5-8-7(4-10(9)17(12,13)14)11(2-3-11)6-16-8/h4-5H,2-3,6H2,1H3. The second-order valence-electron chi connectivity index (χ2n) is 4.51. The Labute approximate surface area is 104 Å². The minimum atomic E-state index is -3.80. The summed E-state index contributed by atoms with van der Waals surface area (Å²) in [5.74, 6) is 0.944. The van der Waals surface area contributed by atoms with Crippen LogP contribution in [0.3, 0.4) is 0 Å². The Hall–Kier alpha value is -0.940. The highest BCUT2D eigenvalue weighted by atomic mass is 35.7. The van der Waals surface area contributed by atoms with Gasteiger partial charge in [-0.25, -0.2) is 8.42 Å². The van der Waals surface area contributed by atoms with Crippen LogP contribution in [0.2, 0.25) is 0 Å². The molecule has 1 aliphatic heterocycles. The van der Waals surface area contributed by atoms with Crippen LogP contribution < -0.4 is 9.47 Å². The van der Waals surface area contributed by atoms with Gasteiger partial charge in [0.05, 0.1) is 13.7 Å². The molecule has 0 radical (unpaired) electrons. The normalized spacial score (nSPS) is 19.9. The lowest BCUT2D eigenvalue weighted by Crippen LogP contribution is -2.07. The van der Waals surface area contributed by atoms with Gasteiger partial charge in [0.1, 0.15) is 16.4 Å². The molecule has 3 rings (SSSR count). The molecule has 1 fully saturated rings. The minimum absolute atomic E-state index is 0.0252. The number of ether oxygens (including phenoxy) is 2. The van der Waals surface area contributed by atoms with Crippen molar-refractivity contribution in [3.8, 4) is 11.5 Å². The molecule has 17 heavy (non-hydrogen) atoms. The first kappa shape index (κ1) is 11.2. The van der Waals surface area contributed by atoms with Crippen molar-refractivity contribution in [2.75, 3.05) is 13.7 Å². The van der Waals surface area contributed by atoms with Gasteiger partial charge in [-0.1, -0.05) is 0 Å². The molecular weight excluding hydrogens is 264 g/mol. The molecule has 4 nitrogen and oxygen atoms in total. The number of hydrogen-bond donors (Lipinski definition) is 0. The monoisotopic (exact) mass is 274 g/mol. The summed E-state index contributed by atoms with van der Waals surface area (Å²) < 4.78 is 33.6. The third kappa shape index (κ3) is 1.60. The molecule has 1 aliphatic carbocycles. The van der Waals surface area contributed by atoms with E-state index in [1.807, 2.05) is 0 Å². The highest BCUT2D eigenvalue weighted by Crippen LogP contribution is 2.56.